The topological polar surface area (TPSA) is 99.6 Å². The number of likely N-dealkylation sites (tertiary alicyclic amines) is 1. The van der Waals surface area contributed by atoms with E-state index in [0.29, 0.717) is 18.8 Å². The quantitative estimate of drug-likeness (QED) is 0.844. The molecular weight excluding hydrogens is 346 g/mol. The van der Waals surface area contributed by atoms with Gasteiger partial charge in [0, 0.05) is 25.0 Å². The zero-order valence-corrected chi connectivity index (χ0v) is 15.7. The van der Waals surface area contributed by atoms with E-state index in [1.165, 1.54) is 18.6 Å². The largest absolute Gasteiger partial charge is 0.478 e. The van der Waals surface area contributed by atoms with Gasteiger partial charge in [-0.1, -0.05) is 19.3 Å². The zero-order chi connectivity index (χ0) is 19.4. The number of aromatic nitrogens is 1. The van der Waals surface area contributed by atoms with Crippen LogP contribution in [0.25, 0.3) is 0 Å². The van der Waals surface area contributed by atoms with Crippen molar-refractivity contribution in [1.82, 2.24) is 15.2 Å². The van der Waals surface area contributed by atoms with E-state index in [4.69, 9.17) is 5.11 Å². The lowest BCUT2D eigenvalue weighted by Gasteiger charge is -2.33. The van der Waals surface area contributed by atoms with E-state index in [1.54, 1.807) is 11.8 Å². The molecule has 3 rings (SSSR count). The standard InChI is InChI=1S/C20H27N3O4/c1-13-16(20(26)27)7-8-17(21-13)19(25)23-11-9-15(10-12-23)22-18(24)14-5-3-2-4-6-14/h7-8,14-15H,2-6,9-12H2,1H3,(H,22,24)(H,26,27). The van der Waals surface area contributed by atoms with Crippen LogP contribution in [0.15, 0.2) is 12.1 Å². The molecule has 27 heavy (non-hydrogen) atoms. The number of carbonyl (C=O) groups excluding carboxylic acids is 2. The lowest BCUT2D eigenvalue weighted by Crippen LogP contribution is -2.48. The SMILES string of the molecule is Cc1nc(C(=O)N2CCC(NC(=O)C3CCCCC3)CC2)ccc1C(=O)O. The fourth-order valence-electron chi connectivity index (χ4n) is 3.98. The van der Waals surface area contributed by atoms with Gasteiger partial charge in [-0.3, -0.25) is 9.59 Å². The molecule has 1 aromatic rings. The summed E-state index contributed by atoms with van der Waals surface area (Å²) in [5.74, 6) is -0.917. The van der Waals surface area contributed by atoms with Gasteiger partial charge in [0.05, 0.1) is 11.3 Å². The van der Waals surface area contributed by atoms with Gasteiger partial charge < -0.3 is 15.3 Å². The van der Waals surface area contributed by atoms with Gasteiger partial charge in [-0.15, -0.1) is 0 Å². The van der Waals surface area contributed by atoms with Crippen molar-refractivity contribution < 1.29 is 19.5 Å². The number of carboxylic acid groups (broad SMARTS) is 1. The van der Waals surface area contributed by atoms with Gasteiger partial charge in [0.1, 0.15) is 5.69 Å². The second kappa shape index (κ2) is 8.50. The molecule has 1 saturated heterocycles. The van der Waals surface area contributed by atoms with Gasteiger partial charge >= 0.3 is 5.97 Å². The Morgan fingerprint density at radius 3 is 2.33 bits per heavy atom. The molecular formula is C20H27N3O4. The summed E-state index contributed by atoms with van der Waals surface area (Å²) in [6, 6.07) is 3.01. The number of amides is 2. The maximum atomic E-state index is 12.6. The summed E-state index contributed by atoms with van der Waals surface area (Å²) in [5.41, 5.74) is 0.709. The first-order valence-corrected chi connectivity index (χ1v) is 9.76. The molecule has 0 bridgehead atoms. The third-order valence-electron chi connectivity index (χ3n) is 5.64. The highest BCUT2D eigenvalue weighted by atomic mass is 16.4. The van der Waals surface area contributed by atoms with Gasteiger partial charge in [0.15, 0.2) is 0 Å². The molecule has 0 unspecified atom stereocenters. The monoisotopic (exact) mass is 373 g/mol. The molecule has 1 aliphatic carbocycles. The van der Waals surface area contributed by atoms with Crippen LogP contribution in [0.4, 0.5) is 0 Å². The van der Waals surface area contributed by atoms with E-state index >= 15 is 0 Å². The maximum Gasteiger partial charge on any atom is 0.337 e. The van der Waals surface area contributed by atoms with E-state index < -0.39 is 5.97 Å². The van der Waals surface area contributed by atoms with Crippen molar-refractivity contribution in [1.29, 1.82) is 0 Å². The Hall–Kier alpha value is -2.44. The number of nitrogens with one attached hydrogen (secondary N) is 1. The van der Waals surface area contributed by atoms with Gasteiger partial charge in [0.25, 0.3) is 5.91 Å². The first-order chi connectivity index (χ1) is 13.0. The lowest BCUT2D eigenvalue weighted by atomic mass is 9.88. The second-order valence-corrected chi connectivity index (χ2v) is 7.54. The minimum absolute atomic E-state index is 0.107. The van der Waals surface area contributed by atoms with Crippen LogP contribution < -0.4 is 5.32 Å². The lowest BCUT2D eigenvalue weighted by molar-refractivity contribution is -0.126. The Morgan fingerprint density at radius 2 is 1.74 bits per heavy atom. The summed E-state index contributed by atoms with van der Waals surface area (Å²) in [6.07, 6.45) is 6.94. The van der Waals surface area contributed by atoms with E-state index in [2.05, 4.69) is 10.3 Å². The predicted molar refractivity (Wildman–Crippen MR) is 99.6 cm³/mol. The first-order valence-electron chi connectivity index (χ1n) is 9.76. The minimum atomic E-state index is -1.05. The number of aryl methyl sites for hydroxylation is 1. The molecule has 2 heterocycles. The molecule has 1 aromatic heterocycles. The molecule has 146 valence electrons. The van der Waals surface area contributed by atoms with Crippen LogP contribution in [0.1, 0.15) is 71.5 Å². The molecule has 2 aliphatic rings. The Labute approximate surface area is 159 Å². The van der Waals surface area contributed by atoms with Crippen molar-refractivity contribution in [3.63, 3.8) is 0 Å². The zero-order valence-electron chi connectivity index (χ0n) is 15.7. The van der Waals surface area contributed by atoms with E-state index in [1.807, 2.05) is 0 Å². The number of nitrogens with zero attached hydrogens (tertiary/aromatic N) is 2. The average Bonchev–Trinajstić information content (AvgIpc) is 2.68. The molecule has 1 aliphatic heterocycles. The molecule has 2 N–H and O–H groups in total. The molecule has 2 fully saturated rings. The number of rotatable bonds is 4. The molecule has 7 heteroatoms. The number of pyridine rings is 1. The van der Waals surface area contributed by atoms with Crippen molar-refractivity contribution in [2.24, 2.45) is 5.92 Å². The summed E-state index contributed by atoms with van der Waals surface area (Å²) >= 11 is 0. The highest BCUT2D eigenvalue weighted by molar-refractivity contribution is 5.94. The van der Waals surface area contributed by atoms with E-state index in [-0.39, 0.29) is 35.0 Å². The van der Waals surface area contributed by atoms with Crippen LogP contribution in [0, 0.1) is 12.8 Å². The van der Waals surface area contributed by atoms with Crippen molar-refractivity contribution in [3.8, 4) is 0 Å². The maximum absolute atomic E-state index is 12.6. The number of aromatic carboxylic acids is 1. The van der Waals surface area contributed by atoms with Gasteiger partial charge in [-0.25, -0.2) is 9.78 Å². The van der Waals surface area contributed by atoms with E-state index in [9.17, 15) is 14.4 Å². The summed E-state index contributed by atoms with van der Waals surface area (Å²) in [5, 5.41) is 12.2. The van der Waals surface area contributed by atoms with Gasteiger partial charge in [-0.2, -0.15) is 0 Å². The summed E-state index contributed by atoms with van der Waals surface area (Å²) in [6.45, 7) is 2.72. The summed E-state index contributed by atoms with van der Waals surface area (Å²) < 4.78 is 0. The second-order valence-electron chi connectivity index (χ2n) is 7.54. The molecule has 0 atom stereocenters. The minimum Gasteiger partial charge on any atom is -0.478 e. The Bertz CT molecular complexity index is 720. The third kappa shape index (κ3) is 4.64. The van der Waals surface area contributed by atoms with Crippen LogP contribution in [0.5, 0.6) is 0 Å². The first kappa shape index (κ1) is 19.3. The molecule has 1 saturated carbocycles. The van der Waals surface area contributed by atoms with Crippen LogP contribution in [0.2, 0.25) is 0 Å². The van der Waals surface area contributed by atoms with Crippen molar-refractivity contribution >= 4 is 17.8 Å². The average molecular weight is 373 g/mol. The number of hydrogen-bond acceptors (Lipinski definition) is 4. The Balaban J connectivity index is 1.52. The highest BCUT2D eigenvalue weighted by Gasteiger charge is 2.28. The fourth-order valence-corrected chi connectivity index (χ4v) is 3.98. The van der Waals surface area contributed by atoms with Gasteiger partial charge in [0.2, 0.25) is 5.91 Å². The smallest absolute Gasteiger partial charge is 0.337 e. The van der Waals surface area contributed by atoms with Crippen molar-refractivity contribution in [2.45, 2.75) is 57.9 Å². The predicted octanol–water partition coefficient (Wildman–Crippen LogP) is 2.39. The molecule has 0 spiro atoms. The fraction of sp³-hybridized carbons (Fsp3) is 0.600. The third-order valence-corrected chi connectivity index (χ3v) is 5.64. The van der Waals surface area contributed by atoms with Crippen molar-refractivity contribution in [2.75, 3.05) is 13.1 Å². The molecule has 2 amide bonds. The molecule has 0 radical (unpaired) electrons. The van der Waals surface area contributed by atoms with Crippen LogP contribution in [-0.4, -0.2) is 51.9 Å². The normalized spacial score (nSPS) is 18.9. The molecule has 0 aromatic carbocycles. The number of piperidine rings is 1. The number of carbonyl (C=O) groups is 3. The van der Waals surface area contributed by atoms with E-state index in [0.717, 1.165) is 38.5 Å². The number of carboxylic acids is 1. The van der Waals surface area contributed by atoms with Crippen LogP contribution in [0.3, 0.4) is 0 Å². The highest BCUT2D eigenvalue weighted by Crippen LogP contribution is 2.24. The van der Waals surface area contributed by atoms with Crippen LogP contribution in [-0.2, 0) is 4.79 Å². The summed E-state index contributed by atoms with van der Waals surface area (Å²) in [7, 11) is 0. The van der Waals surface area contributed by atoms with Gasteiger partial charge in [-0.05, 0) is 44.7 Å². The Kier molecular flexibility index (Phi) is 6.08. The van der Waals surface area contributed by atoms with Crippen molar-refractivity contribution in [3.05, 3.63) is 29.1 Å². The molecule has 7 nitrogen and oxygen atoms in total. The Morgan fingerprint density at radius 1 is 1.07 bits per heavy atom. The summed E-state index contributed by atoms with van der Waals surface area (Å²) in [4.78, 5) is 42.0. The number of hydrogen-bond donors (Lipinski definition) is 2. The van der Waals surface area contributed by atoms with Crippen LogP contribution >= 0.6 is 0 Å².